The van der Waals surface area contributed by atoms with Crippen LogP contribution in [0.3, 0.4) is 0 Å². The Morgan fingerprint density at radius 1 is 1.11 bits per heavy atom. The number of amides is 1. The summed E-state index contributed by atoms with van der Waals surface area (Å²) < 4.78 is 64.1. The number of ether oxygens (including phenoxy) is 1. The van der Waals surface area contributed by atoms with Gasteiger partial charge in [-0.25, -0.2) is 22.0 Å². The molecule has 1 N–H and O–H groups in total. The van der Waals surface area contributed by atoms with Crippen molar-refractivity contribution in [2.75, 3.05) is 19.7 Å². The fraction of sp³-hybridized carbons (Fsp3) is 0.440. The van der Waals surface area contributed by atoms with Crippen molar-refractivity contribution in [1.29, 1.82) is 0 Å². The number of sulfonamides is 1. The molecule has 0 unspecified atom stereocenters. The number of benzene rings is 2. The van der Waals surface area contributed by atoms with Gasteiger partial charge in [0.15, 0.2) is 0 Å². The van der Waals surface area contributed by atoms with Gasteiger partial charge in [0.1, 0.15) is 29.1 Å². The Bertz CT molecular complexity index is 1260. The summed E-state index contributed by atoms with van der Waals surface area (Å²) in [6.07, 6.45) is 0.990. The average Bonchev–Trinajstić information content (AvgIpc) is 2.78. The van der Waals surface area contributed by atoms with E-state index in [9.17, 15) is 18.0 Å². The first-order chi connectivity index (χ1) is 16.9. The number of aliphatic carboxylic acids is 1. The Labute approximate surface area is 208 Å². The van der Waals surface area contributed by atoms with E-state index in [0.29, 0.717) is 18.4 Å². The zero-order chi connectivity index (χ0) is 26.3. The van der Waals surface area contributed by atoms with E-state index in [2.05, 4.69) is 0 Å². The number of nitrogens with zero attached hydrogens (tertiary/aromatic N) is 2. The molecule has 2 aromatic rings. The van der Waals surface area contributed by atoms with Crippen molar-refractivity contribution in [3.8, 4) is 0 Å². The standard InChI is InChI=1S/C25H28F2N2O6S/c1-16-8-9-23(18-6-4-3-5-7-18)36(33,34)29(16)12-19-10-22(27)20(11-21(19)26)25(35-13-24(31)32)14-28(15-25)17(2)30/h3-7,10-11,16,23H,8-9,12-15H2,1-2H3,(H,31,32)/t16-,23+/m0/s1. The molecule has 2 fully saturated rings. The molecule has 2 saturated heterocycles. The summed E-state index contributed by atoms with van der Waals surface area (Å²) in [4.78, 5) is 24.0. The van der Waals surface area contributed by atoms with Crippen molar-refractivity contribution in [2.45, 2.75) is 50.1 Å². The molecule has 194 valence electrons. The van der Waals surface area contributed by atoms with E-state index in [-0.39, 0.29) is 36.7 Å². The molecule has 2 atom stereocenters. The van der Waals surface area contributed by atoms with Gasteiger partial charge in [0.05, 0.1) is 13.1 Å². The van der Waals surface area contributed by atoms with Crippen molar-refractivity contribution >= 4 is 21.9 Å². The third-order valence-corrected chi connectivity index (χ3v) is 9.33. The summed E-state index contributed by atoms with van der Waals surface area (Å²) in [5.74, 6) is -3.29. The SMILES string of the molecule is CC(=O)N1CC(OCC(=O)O)(c2cc(F)c(CN3[C@@H](C)CC[C@H](c4ccccc4)S3(=O)=O)cc2F)C1. The molecular weight excluding hydrogens is 494 g/mol. The van der Waals surface area contributed by atoms with Gasteiger partial charge in [-0.2, -0.15) is 4.31 Å². The Balaban J connectivity index is 1.63. The van der Waals surface area contributed by atoms with Crippen LogP contribution in [0, 0.1) is 11.6 Å². The van der Waals surface area contributed by atoms with Crippen molar-refractivity contribution in [1.82, 2.24) is 9.21 Å². The van der Waals surface area contributed by atoms with Crippen LogP contribution in [-0.4, -0.2) is 60.3 Å². The fourth-order valence-electron chi connectivity index (χ4n) is 4.91. The number of hydrogen-bond acceptors (Lipinski definition) is 5. The number of carboxylic acid groups (broad SMARTS) is 1. The number of carboxylic acids is 1. The zero-order valence-electron chi connectivity index (χ0n) is 20.0. The molecule has 2 heterocycles. The van der Waals surface area contributed by atoms with Gasteiger partial charge in [0, 0.05) is 30.6 Å². The minimum Gasteiger partial charge on any atom is -0.480 e. The van der Waals surface area contributed by atoms with Gasteiger partial charge in [-0.1, -0.05) is 30.3 Å². The molecule has 0 aliphatic carbocycles. The molecule has 36 heavy (non-hydrogen) atoms. The molecule has 2 aromatic carbocycles. The first-order valence-corrected chi connectivity index (χ1v) is 13.1. The third kappa shape index (κ3) is 4.87. The second kappa shape index (κ2) is 9.87. The third-order valence-electron chi connectivity index (χ3n) is 6.96. The van der Waals surface area contributed by atoms with Crippen LogP contribution in [0.25, 0.3) is 0 Å². The molecule has 11 heteroatoms. The minimum absolute atomic E-state index is 0.123. The lowest BCUT2D eigenvalue weighted by Crippen LogP contribution is -2.62. The van der Waals surface area contributed by atoms with Crippen molar-refractivity contribution in [3.63, 3.8) is 0 Å². The molecule has 0 saturated carbocycles. The maximum atomic E-state index is 15.3. The number of rotatable bonds is 7. The van der Waals surface area contributed by atoms with Crippen LogP contribution in [0.1, 0.15) is 48.6 Å². The first-order valence-electron chi connectivity index (χ1n) is 11.6. The molecule has 0 aromatic heterocycles. The summed E-state index contributed by atoms with van der Waals surface area (Å²) in [5.41, 5.74) is -1.21. The minimum atomic E-state index is -3.85. The summed E-state index contributed by atoms with van der Waals surface area (Å²) in [7, 11) is -3.85. The lowest BCUT2D eigenvalue weighted by molar-refractivity contribution is -0.180. The predicted molar refractivity (Wildman–Crippen MR) is 126 cm³/mol. The maximum Gasteiger partial charge on any atom is 0.329 e. The van der Waals surface area contributed by atoms with E-state index >= 15 is 8.78 Å². The smallest absolute Gasteiger partial charge is 0.329 e. The van der Waals surface area contributed by atoms with E-state index in [1.807, 2.05) is 0 Å². The van der Waals surface area contributed by atoms with Gasteiger partial charge in [-0.3, -0.25) is 4.79 Å². The highest BCUT2D eigenvalue weighted by Gasteiger charge is 2.49. The van der Waals surface area contributed by atoms with Crippen molar-refractivity contribution < 1.29 is 36.6 Å². The number of halogens is 2. The monoisotopic (exact) mass is 522 g/mol. The molecule has 4 rings (SSSR count). The van der Waals surface area contributed by atoms with Crippen LogP contribution in [0.15, 0.2) is 42.5 Å². The number of carbonyl (C=O) groups excluding carboxylic acids is 1. The Morgan fingerprint density at radius 3 is 2.39 bits per heavy atom. The largest absolute Gasteiger partial charge is 0.480 e. The molecule has 8 nitrogen and oxygen atoms in total. The second-order valence-corrected chi connectivity index (χ2v) is 11.5. The summed E-state index contributed by atoms with van der Waals surface area (Å²) >= 11 is 0. The highest BCUT2D eigenvalue weighted by atomic mass is 32.2. The highest BCUT2D eigenvalue weighted by Crippen LogP contribution is 2.40. The summed E-state index contributed by atoms with van der Waals surface area (Å²) in [5, 5.41) is 8.23. The van der Waals surface area contributed by atoms with Crippen LogP contribution < -0.4 is 0 Å². The van der Waals surface area contributed by atoms with Gasteiger partial charge < -0.3 is 14.7 Å². The molecular formula is C25H28F2N2O6S. The Hall–Kier alpha value is -2.89. The van der Waals surface area contributed by atoms with E-state index in [1.54, 1.807) is 37.3 Å². The van der Waals surface area contributed by atoms with Gasteiger partial charge in [-0.15, -0.1) is 0 Å². The van der Waals surface area contributed by atoms with Gasteiger partial charge in [-0.05, 0) is 37.5 Å². The number of likely N-dealkylation sites (tertiary alicyclic amines) is 1. The van der Waals surface area contributed by atoms with E-state index in [1.165, 1.54) is 16.1 Å². The molecule has 2 aliphatic rings. The molecule has 0 radical (unpaired) electrons. The lowest BCUT2D eigenvalue weighted by atomic mass is 9.84. The highest BCUT2D eigenvalue weighted by molar-refractivity contribution is 7.89. The molecule has 2 aliphatic heterocycles. The van der Waals surface area contributed by atoms with E-state index in [0.717, 1.165) is 12.1 Å². The van der Waals surface area contributed by atoms with Gasteiger partial charge in [0.2, 0.25) is 15.9 Å². The Morgan fingerprint density at radius 2 is 1.78 bits per heavy atom. The maximum absolute atomic E-state index is 15.3. The fourth-order valence-corrected chi connectivity index (χ4v) is 7.10. The number of carbonyl (C=O) groups is 2. The first kappa shape index (κ1) is 26.2. The Kier molecular flexibility index (Phi) is 7.18. The van der Waals surface area contributed by atoms with Gasteiger partial charge >= 0.3 is 5.97 Å². The van der Waals surface area contributed by atoms with Crippen LogP contribution in [0.5, 0.6) is 0 Å². The molecule has 0 spiro atoms. The average molecular weight is 523 g/mol. The van der Waals surface area contributed by atoms with Crippen LogP contribution >= 0.6 is 0 Å². The topological polar surface area (TPSA) is 104 Å². The van der Waals surface area contributed by atoms with Crippen LogP contribution in [-0.2, 0) is 36.5 Å². The predicted octanol–water partition coefficient (Wildman–Crippen LogP) is 3.18. The lowest BCUT2D eigenvalue weighted by Gasteiger charge is -2.49. The van der Waals surface area contributed by atoms with Crippen LogP contribution in [0.2, 0.25) is 0 Å². The van der Waals surface area contributed by atoms with E-state index in [4.69, 9.17) is 9.84 Å². The summed E-state index contributed by atoms with van der Waals surface area (Å²) in [6, 6.07) is 10.2. The van der Waals surface area contributed by atoms with Gasteiger partial charge in [0.25, 0.3) is 0 Å². The molecule has 0 bridgehead atoms. The molecule has 1 amide bonds. The van der Waals surface area contributed by atoms with Crippen molar-refractivity contribution in [3.05, 3.63) is 70.8 Å². The quantitative estimate of drug-likeness (QED) is 0.599. The number of hydrogen-bond donors (Lipinski definition) is 1. The second-order valence-electron chi connectivity index (χ2n) is 9.39. The normalized spacial score (nSPS) is 23.2. The summed E-state index contributed by atoms with van der Waals surface area (Å²) in [6.45, 7) is 1.70. The van der Waals surface area contributed by atoms with Crippen LogP contribution in [0.4, 0.5) is 8.78 Å². The zero-order valence-corrected chi connectivity index (χ0v) is 20.8. The van der Waals surface area contributed by atoms with Crippen molar-refractivity contribution in [2.24, 2.45) is 0 Å². The van der Waals surface area contributed by atoms with E-state index < -0.39 is 51.1 Å².